The van der Waals surface area contributed by atoms with Crippen molar-refractivity contribution < 1.29 is 4.43 Å². The van der Waals surface area contributed by atoms with E-state index in [0.29, 0.717) is 22.5 Å². The lowest BCUT2D eigenvalue weighted by molar-refractivity contribution is -0.177. The Labute approximate surface area is 145 Å². The van der Waals surface area contributed by atoms with E-state index in [9.17, 15) is 5.26 Å². The van der Waals surface area contributed by atoms with Crippen LogP contribution in [0.1, 0.15) is 75.2 Å². The van der Waals surface area contributed by atoms with Gasteiger partial charge in [-0.2, -0.15) is 5.26 Å². The fourth-order valence-electron chi connectivity index (χ4n) is 6.60. The maximum Gasteiger partial charge on any atom is 0.200 e. The Morgan fingerprint density at radius 3 is 1.83 bits per heavy atom. The fraction of sp³-hybridized carbons (Fsp3) is 0.950. The van der Waals surface area contributed by atoms with Crippen LogP contribution < -0.4 is 0 Å². The van der Waals surface area contributed by atoms with Crippen LogP contribution in [0, 0.1) is 33.5 Å². The average molecular weight is 336 g/mol. The van der Waals surface area contributed by atoms with Gasteiger partial charge in [0.15, 0.2) is 8.32 Å². The number of hydrogen-bond acceptors (Lipinski definition) is 2. The highest BCUT2D eigenvalue weighted by molar-refractivity contribution is 6.77. The lowest BCUT2D eigenvalue weighted by Crippen LogP contribution is -2.64. The molecule has 0 radical (unpaired) electrons. The molecule has 3 rings (SSSR count). The number of fused-ring (bicyclic) bond motifs is 1. The molecule has 2 bridgehead atoms. The molecule has 3 heteroatoms. The Hall–Kier alpha value is -0.333. The van der Waals surface area contributed by atoms with Gasteiger partial charge in [0.2, 0.25) is 0 Å². The molecule has 3 fully saturated rings. The third kappa shape index (κ3) is 2.07. The summed E-state index contributed by atoms with van der Waals surface area (Å²) in [6.07, 6.45) is 2.24. The van der Waals surface area contributed by atoms with Crippen LogP contribution in [0.4, 0.5) is 0 Å². The fourth-order valence-corrected chi connectivity index (χ4v) is 12.1. The Balaban J connectivity index is 2.26. The maximum absolute atomic E-state index is 9.95. The molecule has 0 saturated heterocycles. The molecule has 3 aliphatic rings. The Morgan fingerprint density at radius 2 is 1.48 bits per heavy atom. The molecule has 0 aromatic carbocycles. The zero-order chi connectivity index (χ0) is 17.8. The first kappa shape index (κ1) is 19.0. The molecule has 0 aliphatic heterocycles. The summed E-state index contributed by atoms with van der Waals surface area (Å²) in [5, 5.41) is 9.95. The van der Waals surface area contributed by atoms with Gasteiger partial charge in [-0.1, -0.05) is 62.3 Å². The van der Waals surface area contributed by atoms with Gasteiger partial charge in [-0.05, 0) is 40.3 Å². The van der Waals surface area contributed by atoms with E-state index in [0.717, 1.165) is 13.0 Å². The van der Waals surface area contributed by atoms with Crippen LogP contribution in [-0.4, -0.2) is 14.9 Å². The number of hydrogen-bond donors (Lipinski definition) is 0. The van der Waals surface area contributed by atoms with E-state index in [-0.39, 0.29) is 16.2 Å². The van der Waals surface area contributed by atoms with E-state index in [4.69, 9.17) is 4.43 Å². The normalized spacial score (nSPS) is 35.7. The Bertz CT molecular complexity index is 482. The molecule has 0 heterocycles. The summed E-state index contributed by atoms with van der Waals surface area (Å²) in [5.41, 5.74) is 2.07. The second-order valence-electron chi connectivity index (χ2n) is 9.81. The third-order valence-electron chi connectivity index (χ3n) is 8.35. The van der Waals surface area contributed by atoms with E-state index in [1.54, 1.807) is 0 Å². The highest BCUT2D eigenvalue weighted by Crippen LogP contribution is 2.80. The summed E-state index contributed by atoms with van der Waals surface area (Å²) < 4.78 is 6.87. The van der Waals surface area contributed by atoms with Crippen molar-refractivity contribution in [2.75, 3.05) is 6.61 Å². The SMILES string of the molecule is CC(C)[Si](OC[C@H]1C2(C)CCC1(C#N)C2(C)C)(C(C)C)C(C)C. The molecule has 2 unspecified atom stereocenters. The molecule has 3 aliphatic carbocycles. The first-order valence-electron chi connectivity index (χ1n) is 9.49. The average Bonchev–Trinajstić information content (AvgIpc) is 2.85. The van der Waals surface area contributed by atoms with Crippen LogP contribution in [0.15, 0.2) is 0 Å². The van der Waals surface area contributed by atoms with Crippen molar-refractivity contribution in [1.82, 2.24) is 0 Å². The first-order valence-corrected chi connectivity index (χ1v) is 11.6. The molecule has 0 spiro atoms. The molecular weight excluding hydrogens is 298 g/mol. The van der Waals surface area contributed by atoms with Crippen LogP contribution in [-0.2, 0) is 4.43 Å². The van der Waals surface area contributed by atoms with Crippen molar-refractivity contribution >= 4 is 8.32 Å². The van der Waals surface area contributed by atoms with E-state index < -0.39 is 8.32 Å². The molecule has 0 amide bonds. The predicted molar refractivity (Wildman–Crippen MR) is 99.7 cm³/mol. The molecule has 2 nitrogen and oxygen atoms in total. The minimum atomic E-state index is -1.84. The van der Waals surface area contributed by atoms with Crippen molar-refractivity contribution in [3.63, 3.8) is 0 Å². The van der Waals surface area contributed by atoms with Gasteiger partial charge in [0.25, 0.3) is 0 Å². The van der Waals surface area contributed by atoms with Crippen LogP contribution in [0.25, 0.3) is 0 Å². The van der Waals surface area contributed by atoms with Crippen molar-refractivity contribution in [2.24, 2.45) is 22.2 Å². The van der Waals surface area contributed by atoms with Gasteiger partial charge < -0.3 is 4.43 Å². The van der Waals surface area contributed by atoms with Crippen LogP contribution in [0.5, 0.6) is 0 Å². The summed E-state index contributed by atoms with van der Waals surface area (Å²) in [6, 6.07) is 2.73. The third-order valence-corrected chi connectivity index (χ3v) is 14.4. The van der Waals surface area contributed by atoms with Crippen LogP contribution in [0.3, 0.4) is 0 Å². The van der Waals surface area contributed by atoms with Gasteiger partial charge in [0.05, 0.1) is 11.5 Å². The summed E-state index contributed by atoms with van der Waals surface area (Å²) in [5.74, 6) is 0.415. The molecule has 23 heavy (non-hydrogen) atoms. The van der Waals surface area contributed by atoms with Gasteiger partial charge in [0.1, 0.15) is 0 Å². The summed E-state index contributed by atoms with van der Waals surface area (Å²) >= 11 is 0. The molecule has 0 aromatic rings. The van der Waals surface area contributed by atoms with Gasteiger partial charge in [-0.15, -0.1) is 0 Å². The van der Waals surface area contributed by atoms with E-state index in [1.165, 1.54) is 6.42 Å². The van der Waals surface area contributed by atoms with Crippen molar-refractivity contribution in [3.8, 4) is 6.07 Å². The predicted octanol–water partition coefficient (Wildman–Crippen LogP) is 6.14. The molecule has 3 saturated carbocycles. The Morgan fingerprint density at radius 1 is 1.00 bits per heavy atom. The van der Waals surface area contributed by atoms with E-state index in [2.05, 4.69) is 68.4 Å². The zero-order valence-corrected chi connectivity index (χ0v) is 17.8. The molecular formula is C20H37NOSi. The standard InChI is InChI=1S/C20H37NOSi/c1-14(2)23(15(3)4,16(5)6)22-12-17-19(9)10-11-20(17,13-21)18(19,7)8/h14-17H,10-12H2,1-9H3/t17-,19?,20?/m0/s1. The minimum Gasteiger partial charge on any atom is -0.416 e. The van der Waals surface area contributed by atoms with Gasteiger partial charge in [-0.3, -0.25) is 0 Å². The smallest absolute Gasteiger partial charge is 0.200 e. The van der Waals surface area contributed by atoms with Gasteiger partial charge >= 0.3 is 0 Å². The van der Waals surface area contributed by atoms with Gasteiger partial charge in [-0.25, -0.2) is 0 Å². The molecule has 3 atom stereocenters. The number of nitrogens with zero attached hydrogens (tertiary/aromatic N) is 1. The number of rotatable bonds is 6. The highest BCUT2D eigenvalue weighted by Gasteiger charge is 2.78. The minimum absolute atomic E-state index is 0.125. The monoisotopic (exact) mass is 335 g/mol. The van der Waals surface area contributed by atoms with Gasteiger partial charge in [0, 0.05) is 12.5 Å². The second kappa shape index (κ2) is 5.60. The molecule has 0 N–H and O–H groups in total. The quantitative estimate of drug-likeness (QED) is 0.546. The largest absolute Gasteiger partial charge is 0.416 e. The highest BCUT2D eigenvalue weighted by atomic mass is 28.4. The lowest BCUT2D eigenvalue weighted by atomic mass is 9.38. The van der Waals surface area contributed by atoms with Crippen molar-refractivity contribution in [2.45, 2.75) is 91.8 Å². The zero-order valence-electron chi connectivity index (χ0n) is 16.8. The van der Waals surface area contributed by atoms with Crippen LogP contribution in [0.2, 0.25) is 16.6 Å². The molecule has 0 aromatic heterocycles. The van der Waals surface area contributed by atoms with Crippen LogP contribution >= 0.6 is 0 Å². The van der Waals surface area contributed by atoms with Crippen molar-refractivity contribution in [3.05, 3.63) is 0 Å². The molecule has 132 valence electrons. The summed E-state index contributed by atoms with van der Waals surface area (Å²) in [7, 11) is -1.84. The summed E-state index contributed by atoms with van der Waals surface area (Å²) in [6.45, 7) is 21.8. The lowest BCUT2D eigenvalue weighted by Gasteiger charge is -2.64. The second-order valence-corrected chi connectivity index (χ2v) is 15.3. The number of nitriles is 1. The van der Waals surface area contributed by atoms with E-state index in [1.807, 2.05) is 0 Å². The Kier molecular flexibility index (Phi) is 4.62. The first-order chi connectivity index (χ1) is 10.4. The van der Waals surface area contributed by atoms with E-state index >= 15 is 0 Å². The summed E-state index contributed by atoms with van der Waals surface area (Å²) in [4.78, 5) is 0. The van der Waals surface area contributed by atoms with Crippen molar-refractivity contribution in [1.29, 1.82) is 5.26 Å². The maximum atomic E-state index is 9.95. The topological polar surface area (TPSA) is 33.0 Å².